The summed E-state index contributed by atoms with van der Waals surface area (Å²) in [6.45, 7) is 3.67. The van der Waals surface area contributed by atoms with Crippen molar-refractivity contribution < 1.29 is 9.53 Å². The zero-order valence-electron chi connectivity index (χ0n) is 20.1. The number of anilines is 1. The van der Waals surface area contributed by atoms with Crippen molar-refractivity contribution in [3.05, 3.63) is 87.1 Å². The Morgan fingerprint density at radius 1 is 1.05 bits per heavy atom. The maximum atomic E-state index is 14.0. The van der Waals surface area contributed by atoms with E-state index in [-0.39, 0.29) is 23.6 Å². The molecule has 0 radical (unpaired) electrons. The molecule has 37 heavy (non-hydrogen) atoms. The van der Waals surface area contributed by atoms with Gasteiger partial charge in [-0.25, -0.2) is 9.66 Å². The number of fused-ring (bicyclic) bond motifs is 2. The number of nitrogens with zero attached hydrogens (tertiary/aromatic N) is 5. The van der Waals surface area contributed by atoms with Crippen LogP contribution in [0.1, 0.15) is 5.69 Å². The van der Waals surface area contributed by atoms with Crippen molar-refractivity contribution in [2.75, 3.05) is 36.6 Å². The van der Waals surface area contributed by atoms with E-state index in [1.807, 2.05) is 47.5 Å². The summed E-state index contributed by atoms with van der Waals surface area (Å²) in [5, 5.41) is 5.56. The molecule has 1 amide bonds. The molecule has 0 aliphatic carbocycles. The number of carbonyl (C=O) groups excluding carboxylic acids is 1. The van der Waals surface area contributed by atoms with Gasteiger partial charge in [-0.05, 0) is 31.2 Å². The molecule has 3 aromatic heterocycles. The van der Waals surface area contributed by atoms with Gasteiger partial charge in [0, 0.05) is 11.8 Å². The Balaban J connectivity index is 1.54. The Bertz CT molecular complexity index is 1710. The lowest BCUT2D eigenvalue weighted by molar-refractivity contribution is -0.116. The van der Waals surface area contributed by atoms with Crippen molar-refractivity contribution in [2.45, 2.75) is 13.5 Å². The number of thiazole rings is 1. The quantitative estimate of drug-likeness (QED) is 0.385. The van der Waals surface area contributed by atoms with Gasteiger partial charge in [-0.3, -0.25) is 19.1 Å². The molecule has 1 saturated heterocycles. The molecule has 0 atom stereocenters. The second-order valence-electron chi connectivity index (χ2n) is 8.76. The van der Waals surface area contributed by atoms with Gasteiger partial charge in [0.25, 0.3) is 11.1 Å². The van der Waals surface area contributed by atoms with Crippen LogP contribution in [0.3, 0.4) is 0 Å². The maximum Gasteiger partial charge on any atom is 0.283 e. The number of nitrogens with one attached hydrogen (secondary N) is 1. The molecule has 0 saturated carbocycles. The summed E-state index contributed by atoms with van der Waals surface area (Å²) < 4.78 is 10.9. The standard InChI is InChI=1S/C26H24N6O4S/c1-17-24-20(15-23(34)31(17)29-11-13-36-14-12-29)30(16-22(33)27-18-7-3-2-4-8-18)32(25(24)35)26-28-19-9-5-6-10-21(19)37-26/h2-10,15H,11-14,16H2,1H3,(H,27,33). The molecule has 1 aliphatic rings. The van der Waals surface area contributed by atoms with Crippen molar-refractivity contribution in [2.24, 2.45) is 0 Å². The number of aryl methyl sites for hydroxylation is 1. The lowest BCUT2D eigenvalue weighted by atomic mass is 10.2. The first-order chi connectivity index (χ1) is 18.0. The first kappa shape index (κ1) is 23.2. The van der Waals surface area contributed by atoms with Crippen LogP contribution in [0.2, 0.25) is 0 Å². The summed E-state index contributed by atoms with van der Waals surface area (Å²) in [5.41, 5.74) is 1.70. The molecule has 1 N–H and O–H groups in total. The van der Waals surface area contributed by atoms with E-state index in [0.29, 0.717) is 53.7 Å². The third kappa shape index (κ3) is 4.11. The van der Waals surface area contributed by atoms with Crippen LogP contribution in [-0.4, -0.2) is 51.2 Å². The number of benzene rings is 2. The minimum Gasteiger partial charge on any atom is -0.378 e. The van der Waals surface area contributed by atoms with Gasteiger partial charge < -0.3 is 15.1 Å². The summed E-state index contributed by atoms with van der Waals surface area (Å²) in [6.07, 6.45) is 0. The predicted octanol–water partition coefficient (Wildman–Crippen LogP) is 2.48. The molecule has 6 rings (SSSR count). The van der Waals surface area contributed by atoms with E-state index < -0.39 is 0 Å². The topological polar surface area (TPSA) is 103 Å². The highest BCUT2D eigenvalue weighted by atomic mass is 32.1. The Morgan fingerprint density at radius 3 is 2.54 bits per heavy atom. The maximum absolute atomic E-state index is 14.0. The van der Waals surface area contributed by atoms with Crippen molar-refractivity contribution in [3.63, 3.8) is 0 Å². The Labute approximate surface area is 214 Å². The van der Waals surface area contributed by atoms with Gasteiger partial charge in [0.15, 0.2) is 0 Å². The largest absolute Gasteiger partial charge is 0.378 e. The fourth-order valence-electron chi connectivity index (χ4n) is 4.76. The van der Waals surface area contributed by atoms with Crippen molar-refractivity contribution in [1.82, 2.24) is 19.0 Å². The summed E-state index contributed by atoms with van der Waals surface area (Å²) in [4.78, 5) is 45.1. The van der Waals surface area contributed by atoms with E-state index in [2.05, 4.69) is 10.3 Å². The van der Waals surface area contributed by atoms with E-state index in [4.69, 9.17) is 4.74 Å². The van der Waals surface area contributed by atoms with Gasteiger partial charge in [-0.15, -0.1) is 0 Å². The molecular formula is C26H24N6O4S. The van der Waals surface area contributed by atoms with Gasteiger partial charge in [0.2, 0.25) is 11.0 Å². The molecule has 0 spiro atoms. The SMILES string of the molecule is Cc1c2c(=O)n(-c3nc4ccccc4s3)n(CC(=O)Nc3ccccc3)c2cc(=O)n1N1CCOCC1. The van der Waals surface area contributed by atoms with E-state index in [9.17, 15) is 14.4 Å². The molecule has 11 heteroatoms. The molecule has 4 heterocycles. The summed E-state index contributed by atoms with van der Waals surface area (Å²) in [7, 11) is 0. The number of aromatic nitrogens is 4. The lowest BCUT2D eigenvalue weighted by Crippen LogP contribution is -2.49. The van der Waals surface area contributed by atoms with Crippen molar-refractivity contribution in [3.8, 4) is 5.13 Å². The second-order valence-corrected chi connectivity index (χ2v) is 9.77. The average Bonchev–Trinajstić information content (AvgIpc) is 3.43. The van der Waals surface area contributed by atoms with E-state index in [0.717, 1.165) is 10.2 Å². The number of carbonyl (C=O) groups is 1. The Morgan fingerprint density at radius 2 is 1.78 bits per heavy atom. The number of rotatable bonds is 5. The third-order valence-corrected chi connectivity index (χ3v) is 7.43. The lowest BCUT2D eigenvalue weighted by Gasteiger charge is -2.31. The predicted molar refractivity (Wildman–Crippen MR) is 144 cm³/mol. The molecule has 2 aromatic carbocycles. The molecule has 0 unspecified atom stereocenters. The molecule has 1 aliphatic heterocycles. The number of para-hydroxylation sites is 2. The van der Waals surface area contributed by atoms with E-state index >= 15 is 0 Å². The monoisotopic (exact) mass is 516 g/mol. The number of hydrogen-bond acceptors (Lipinski definition) is 7. The normalized spacial score (nSPS) is 13.9. The van der Waals surface area contributed by atoms with Crippen LogP contribution >= 0.6 is 11.3 Å². The van der Waals surface area contributed by atoms with Crippen LogP contribution in [0.5, 0.6) is 0 Å². The van der Waals surface area contributed by atoms with E-state index in [1.165, 1.54) is 22.1 Å². The molecule has 188 valence electrons. The highest BCUT2D eigenvalue weighted by molar-refractivity contribution is 7.20. The minimum atomic E-state index is -0.332. The number of amides is 1. The zero-order valence-corrected chi connectivity index (χ0v) is 20.9. The van der Waals surface area contributed by atoms with Crippen molar-refractivity contribution >= 4 is 44.1 Å². The van der Waals surface area contributed by atoms with Gasteiger partial charge in [-0.2, -0.15) is 4.68 Å². The fraction of sp³-hybridized carbons (Fsp3) is 0.231. The average molecular weight is 517 g/mol. The minimum absolute atomic E-state index is 0.177. The fourth-order valence-corrected chi connectivity index (χ4v) is 5.73. The van der Waals surface area contributed by atoms with Crippen LogP contribution in [0, 0.1) is 6.92 Å². The van der Waals surface area contributed by atoms with E-state index in [1.54, 1.807) is 28.4 Å². The highest BCUT2D eigenvalue weighted by Crippen LogP contribution is 2.26. The van der Waals surface area contributed by atoms with Crippen LogP contribution < -0.4 is 21.4 Å². The van der Waals surface area contributed by atoms with Gasteiger partial charge in [0.05, 0.1) is 53.1 Å². The van der Waals surface area contributed by atoms with Crippen LogP contribution in [0.4, 0.5) is 5.69 Å². The molecular weight excluding hydrogens is 492 g/mol. The summed E-state index contributed by atoms with van der Waals surface area (Å²) in [5.74, 6) is -0.326. The smallest absolute Gasteiger partial charge is 0.283 e. The van der Waals surface area contributed by atoms with Gasteiger partial charge in [0.1, 0.15) is 6.54 Å². The zero-order chi connectivity index (χ0) is 25.5. The molecule has 1 fully saturated rings. The van der Waals surface area contributed by atoms with Crippen LogP contribution in [0.15, 0.2) is 70.3 Å². The van der Waals surface area contributed by atoms with Crippen LogP contribution in [0.25, 0.3) is 26.3 Å². The van der Waals surface area contributed by atoms with Gasteiger partial charge >= 0.3 is 0 Å². The molecule has 5 aromatic rings. The first-order valence-corrected chi connectivity index (χ1v) is 12.7. The number of pyridine rings is 1. The first-order valence-electron chi connectivity index (χ1n) is 11.9. The summed E-state index contributed by atoms with van der Waals surface area (Å²) in [6, 6.07) is 18.1. The number of ether oxygens (including phenoxy) is 1. The van der Waals surface area contributed by atoms with Crippen LogP contribution in [-0.2, 0) is 16.1 Å². The molecule has 0 bridgehead atoms. The number of hydrogen-bond donors (Lipinski definition) is 1. The van der Waals surface area contributed by atoms with Gasteiger partial charge in [-0.1, -0.05) is 41.7 Å². The Hall–Kier alpha value is -4.22. The summed E-state index contributed by atoms with van der Waals surface area (Å²) >= 11 is 1.35. The Kier molecular flexibility index (Phi) is 5.85. The second kappa shape index (κ2) is 9.34. The highest BCUT2D eigenvalue weighted by Gasteiger charge is 2.25. The van der Waals surface area contributed by atoms with Crippen molar-refractivity contribution in [1.29, 1.82) is 0 Å². The third-order valence-electron chi connectivity index (χ3n) is 6.42. The molecule has 10 nitrogen and oxygen atoms in total. The number of morpholine rings is 1.